The maximum atomic E-state index is 4.47. The molecule has 0 radical (unpaired) electrons. The van der Waals surface area contributed by atoms with Crippen LogP contribution in [0.15, 0.2) is 24.4 Å². The van der Waals surface area contributed by atoms with Crippen LogP contribution >= 0.6 is 0 Å². The van der Waals surface area contributed by atoms with Crippen molar-refractivity contribution in [2.75, 3.05) is 40.3 Å². The van der Waals surface area contributed by atoms with Crippen LogP contribution in [-0.2, 0) is 0 Å². The van der Waals surface area contributed by atoms with Crippen LogP contribution in [0.1, 0.15) is 11.9 Å². The first-order valence-electron chi connectivity index (χ1n) is 5.81. The summed E-state index contributed by atoms with van der Waals surface area (Å²) in [5, 5.41) is 3.38. The Morgan fingerprint density at radius 1 is 1.31 bits per heavy atom. The fourth-order valence-corrected chi connectivity index (χ4v) is 2.23. The second-order valence-electron chi connectivity index (χ2n) is 4.38. The summed E-state index contributed by atoms with van der Waals surface area (Å²) >= 11 is 0. The van der Waals surface area contributed by atoms with E-state index in [-0.39, 0.29) is 0 Å². The molecule has 1 atom stereocenters. The summed E-state index contributed by atoms with van der Waals surface area (Å²) in [6.07, 6.45) is 2.16. The lowest BCUT2D eigenvalue weighted by Gasteiger charge is -2.38. The Morgan fingerprint density at radius 2 is 2.06 bits per heavy atom. The molecule has 88 valence electrons. The van der Waals surface area contributed by atoms with Crippen molar-refractivity contribution < 1.29 is 0 Å². The quantitative estimate of drug-likeness (QED) is 0.806. The van der Waals surface area contributed by atoms with E-state index in [1.165, 1.54) is 0 Å². The summed E-state index contributed by atoms with van der Waals surface area (Å²) in [6, 6.07) is 6.13. The minimum atomic E-state index is 0.295. The van der Waals surface area contributed by atoms with E-state index >= 15 is 0 Å². The van der Waals surface area contributed by atoms with E-state index in [1.807, 2.05) is 12.3 Å². The number of pyridine rings is 1. The first kappa shape index (κ1) is 11.5. The Hall–Kier alpha value is -0.970. The van der Waals surface area contributed by atoms with Gasteiger partial charge in [-0.15, -0.1) is 0 Å². The molecule has 1 aromatic heterocycles. The molecule has 1 fully saturated rings. The van der Waals surface area contributed by atoms with Gasteiger partial charge in [0.2, 0.25) is 0 Å². The summed E-state index contributed by atoms with van der Waals surface area (Å²) in [5.41, 5.74) is 1.13. The molecule has 1 aromatic rings. The third kappa shape index (κ3) is 2.58. The molecule has 2 heterocycles. The number of nitrogens with one attached hydrogen (secondary N) is 1. The molecule has 0 aromatic carbocycles. The monoisotopic (exact) mass is 220 g/mol. The molecule has 16 heavy (non-hydrogen) atoms. The summed E-state index contributed by atoms with van der Waals surface area (Å²) in [5.74, 6) is 0. The fraction of sp³-hybridized carbons (Fsp3) is 0.583. The van der Waals surface area contributed by atoms with Gasteiger partial charge in [0.1, 0.15) is 6.17 Å². The Balaban J connectivity index is 2.16. The van der Waals surface area contributed by atoms with Crippen LogP contribution in [0.4, 0.5) is 0 Å². The third-order valence-electron chi connectivity index (χ3n) is 2.94. The normalized spacial score (nSPS) is 19.9. The lowest BCUT2D eigenvalue weighted by atomic mass is 10.2. The van der Waals surface area contributed by atoms with E-state index in [1.54, 1.807) is 0 Å². The van der Waals surface area contributed by atoms with Gasteiger partial charge < -0.3 is 5.32 Å². The van der Waals surface area contributed by atoms with E-state index in [0.29, 0.717) is 6.17 Å². The first-order chi connectivity index (χ1) is 7.79. The van der Waals surface area contributed by atoms with Crippen LogP contribution in [0.3, 0.4) is 0 Å². The minimum absolute atomic E-state index is 0.295. The van der Waals surface area contributed by atoms with Crippen molar-refractivity contribution in [2.45, 2.75) is 6.17 Å². The number of hydrogen-bond acceptors (Lipinski definition) is 4. The fourth-order valence-electron chi connectivity index (χ4n) is 2.23. The number of piperazine rings is 1. The van der Waals surface area contributed by atoms with E-state index in [4.69, 9.17) is 0 Å². The molecule has 4 nitrogen and oxygen atoms in total. The largest absolute Gasteiger partial charge is 0.314 e. The molecule has 0 amide bonds. The molecule has 4 heteroatoms. The highest BCUT2D eigenvalue weighted by Crippen LogP contribution is 2.20. The Kier molecular flexibility index (Phi) is 3.88. The zero-order chi connectivity index (χ0) is 11.4. The number of rotatable bonds is 3. The molecule has 0 saturated carbocycles. The van der Waals surface area contributed by atoms with E-state index in [9.17, 15) is 0 Å². The molecule has 1 aliphatic heterocycles. The van der Waals surface area contributed by atoms with Gasteiger partial charge in [-0.1, -0.05) is 6.07 Å². The van der Waals surface area contributed by atoms with Gasteiger partial charge in [-0.3, -0.25) is 14.8 Å². The van der Waals surface area contributed by atoms with Crippen LogP contribution in [0.2, 0.25) is 0 Å². The third-order valence-corrected chi connectivity index (χ3v) is 2.94. The van der Waals surface area contributed by atoms with Crippen molar-refractivity contribution >= 4 is 0 Å². The van der Waals surface area contributed by atoms with Gasteiger partial charge in [0.25, 0.3) is 0 Å². The van der Waals surface area contributed by atoms with Crippen molar-refractivity contribution in [1.82, 2.24) is 20.1 Å². The molecule has 0 spiro atoms. The highest BCUT2D eigenvalue weighted by atomic mass is 15.4. The summed E-state index contributed by atoms with van der Waals surface area (Å²) in [6.45, 7) is 4.30. The van der Waals surface area contributed by atoms with Gasteiger partial charge in [0, 0.05) is 32.4 Å². The SMILES string of the molecule is CN(C)C(c1ccccn1)N1CCNCC1. The Labute approximate surface area is 97.3 Å². The number of aromatic nitrogens is 1. The maximum Gasteiger partial charge on any atom is 0.106 e. The molecular weight excluding hydrogens is 200 g/mol. The van der Waals surface area contributed by atoms with E-state index in [2.05, 4.69) is 46.3 Å². The van der Waals surface area contributed by atoms with E-state index < -0.39 is 0 Å². The summed E-state index contributed by atoms with van der Waals surface area (Å²) < 4.78 is 0. The smallest absolute Gasteiger partial charge is 0.106 e. The van der Waals surface area contributed by atoms with Crippen molar-refractivity contribution in [1.29, 1.82) is 0 Å². The molecule has 2 rings (SSSR count). The summed E-state index contributed by atoms with van der Waals surface area (Å²) in [4.78, 5) is 9.17. The van der Waals surface area contributed by atoms with Crippen LogP contribution in [0.25, 0.3) is 0 Å². The molecule has 1 aliphatic rings. The summed E-state index contributed by atoms with van der Waals surface area (Å²) in [7, 11) is 4.22. The Bertz CT molecular complexity index is 306. The minimum Gasteiger partial charge on any atom is -0.314 e. The van der Waals surface area contributed by atoms with Crippen molar-refractivity contribution in [2.24, 2.45) is 0 Å². The van der Waals surface area contributed by atoms with Crippen LogP contribution in [-0.4, -0.2) is 55.1 Å². The lowest BCUT2D eigenvalue weighted by molar-refractivity contribution is 0.0641. The van der Waals surface area contributed by atoms with Gasteiger partial charge >= 0.3 is 0 Å². The zero-order valence-electron chi connectivity index (χ0n) is 10.1. The average Bonchev–Trinajstić information content (AvgIpc) is 2.31. The van der Waals surface area contributed by atoms with Crippen molar-refractivity contribution in [3.8, 4) is 0 Å². The van der Waals surface area contributed by atoms with E-state index in [0.717, 1.165) is 31.9 Å². The molecule has 0 bridgehead atoms. The lowest BCUT2D eigenvalue weighted by Crippen LogP contribution is -2.48. The van der Waals surface area contributed by atoms with Crippen LogP contribution < -0.4 is 5.32 Å². The second kappa shape index (κ2) is 5.39. The topological polar surface area (TPSA) is 31.4 Å². The predicted molar refractivity (Wildman–Crippen MR) is 65.1 cm³/mol. The number of nitrogens with zero attached hydrogens (tertiary/aromatic N) is 3. The van der Waals surface area contributed by atoms with Gasteiger partial charge in [-0.05, 0) is 26.2 Å². The Morgan fingerprint density at radius 3 is 2.62 bits per heavy atom. The van der Waals surface area contributed by atoms with Crippen LogP contribution in [0.5, 0.6) is 0 Å². The van der Waals surface area contributed by atoms with Gasteiger partial charge in [0.05, 0.1) is 5.69 Å². The van der Waals surface area contributed by atoms with Crippen LogP contribution in [0, 0.1) is 0 Å². The van der Waals surface area contributed by atoms with Gasteiger partial charge in [-0.25, -0.2) is 0 Å². The first-order valence-corrected chi connectivity index (χ1v) is 5.81. The molecule has 0 aliphatic carbocycles. The number of hydrogen-bond donors (Lipinski definition) is 1. The average molecular weight is 220 g/mol. The molecular formula is C12H20N4. The predicted octanol–water partition coefficient (Wildman–Crippen LogP) is 0.547. The molecule has 1 saturated heterocycles. The highest BCUT2D eigenvalue weighted by Gasteiger charge is 2.24. The molecule has 1 unspecified atom stereocenters. The zero-order valence-corrected chi connectivity index (χ0v) is 10.1. The maximum absolute atomic E-state index is 4.47. The molecule has 1 N–H and O–H groups in total. The van der Waals surface area contributed by atoms with Gasteiger partial charge in [-0.2, -0.15) is 0 Å². The van der Waals surface area contributed by atoms with Crippen molar-refractivity contribution in [3.63, 3.8) is 0 Å². The van der Waals surface area contributed by atoms with Gasteiger partial charge in [0.15, 0.2) is 0 Å². The standard InChI is InChI=1S/C12H20N4/c1-15(2)12(11-5-3-4-6-14-11)16-9-7-13-8-10-16/h3-6,12-13H,7-10H2,1-2H3. The highest BCUT2D eigenvalue weighted by molar-refractivity contribution is 5.08. The van der Waals surface area contributed by atoms with Crippen molar-refractivity contribution in [3.05, 3.63) is 30.1 Å². The second-order valence-corrected chi connectivity index (χ2v) is 4.38.